The number of ether oxygens (including phenoxy) is 1. The molecular formula is C6H7KN2O2. The Balaban J connectivity index is 0. The van der Waals surface area contributed by atoms with E-state index >= 15 is 0 Å². The van der Waals surface area contributed by atoms with Gasteiger partial charge in [-0.3, -0.25) is 0 Å². The van der Waals surface area contributed by atoms with Gasteiger partial charge in [-0.05, 0) is 6.92 Å². The summed E-state index contributed by atoms with van der Waals surface area (Å²) < 4.78 is 4.40. The van der Waals surface area contributed by atoms with Gasteiger partial charge in [-0.15, -0.1) is 0 Å². The molecule has 0 fully saturated rings. The van der Waals surface area contributed by atoms with E-state index in [1.807, 2.05) is 0 Å². The number of rotatable bonds is 2. The molecule has 0 atom stereocenters. The molecular weight excluding hydrogens is 171 g/mol. The average Bonchev–Trinajstić information content (AvgIpc) is 1.91. The van der Waals surface area contributed by atoms with Gasteiger partial charge in [-0.2, -0.15) is 10.5 Å². The molecule has 0 aliphatic rings. The minimum absolute atomic E-state index is 0. The van der Waals surface area contributed by atoms with Crippen molar-refractivity contribution in [1.29, 1.82) is 10.5 Å². The molecule has 0 N–H and O–H groups in total. The number of carbonyl (C=O) groups is 1. The van der Waals surface area contributed by atoms with Crippen molar-refractivity contribution in [3.63, 3.8) is 0 Å². The molecule has 0 aromatic rings. The summed E-state index contributed by atoms with van der Waals surface area (Å²) >= 11 is 0. The number of nitriles is 2. The van der Waals surface area contributed by atoms with Crippen molar-refractivity contribution < 1.29 is 9.53 Å². The van der Waals surface area contributed by atoms with Crippen molar-refractivity contribution in [1.82, 2.24) is 0 Å². The van der Waals surface area contributed by atoms with Gasteiger partial charge in [0.1, 0.15) is 0 Å². The van der Waals surface area contributed by atoms with Crippen LogP contribution in [0.2, 0.25) is 0 Å². The van der Waals surface area contributed by atoms with Crippen LogP contribution in [0.15, 0.2) is 0 Å². The van der Waals surface area contributed by atoms with E-state index in [0.717, 1.165) is 0 Å². The molecule has 0 spiro atoms. The van der Waals surface area contributed by atoms with Crippen LogP contribution in [0.4, 0.5) is 0 Å². The van der Waals surface area contributed by atoms with Crippen LogP contribution < -0.4 is 0 Å². The first kappa shape index (κ1) is 13.7. The van der Waals surface area contributed by atoms with Gasteiger partial charge in [0.05, 0.1) is 18.7 Å². The molecule has 0 heterocycles. The molecule has 0 amide bonds. The molecule has 4 nitrogen and oxygen atoms in total. The van der Waals surface area contributed by atoms with Gasteiger partial charge in [0.15, 0.2) is 0 Å². The second-order valence-corrected chi connectivity index (χ2v) is 1.44. The maximum atomic E-state index is 10.5. The van der Waals surface area contributed by atoms with E-state index in [2.05, 4.69) is 4.74 Å². The summed E-state index contributed by atoms with van der Waals surface area (Å²) in [5.74, 6) is -2.05. The van der Waals surface area contributed by atoms with Gasteiger partial charge >= 0.3 is 57.4 Å². The van der Waals surface area contributed by atoms with Crippen molar-refractivity contribution in [3.8, 4) is 12.1 Å². The fourth-order valence-electron chi connectivity index (χ4n) is 0.360. The summed E-state index contributed by atoms with van der Waals surface area (Å²) in [5.41, 5.74) is 0. The topological polar surface area (TPSA) is 73.9 Å². The van der Waals surface area contributed by atoms with Gasteiger partial charge in [-0.1, -0.05) is 0 Å². The first-order valence-corrected chi connectivity index (χ1v) is 2.72. The van der Waals surface area contributed by atoms with Crippen molar-refractivity contribution in [3.05, 3.63) is 0 Å². The monoisotopic (exact) mass is 178 g/mol. The van der Waals surface area contributed by atoms with Crippen LogP contribution in [0.25, 0.3) is 0 Å². The minimum atomic E-state index is -1.28. The molecule has 0 saturated carbocycles. The summed E-state index contributed by atoms with van der Waals surface area (Å²) in [6.07, 6.45) is 0. The molecule has 11 heavy (non-hydrogen) atoms. The Kier molecular flexibility index (Phi) is 10.2. The molecule has 0 aliphatic heterocycles. The fraction of sp³-hybridized carbons (Fsp3) is 0.500. The quantitative estimate of drug-likeness (QED) is 0.424. The number of hydrogen-bond acceptors (Lipinski definition) is 4. The van der Waals surface area contributed by atoms with E-state index < -0.39 is 11.9 Å². The van der Waals surface area contributed by atoms with E-state index in [4.69, 9.17) is 10.5 Å². The van der Waals surface area contributed by atoms with Gasteiger partial charge in [0.2, 0.25) is 5.92 Å². The van der Waals surface area contributed by atoms with E-state index in [1.165, 1.54) is 12.1 Å². The van der Waals surface area contributed by atoms with Crippen LogP contribution >= 0.6 is 0 Å². The van der Waals surface area contributed by atoms with E-state index in [0.29, 0.717) is 0 Å². The zero-order valence-corrected chi connectivity index (χ0v) is 5.50. The SMILES string of the molecule is CCOC(=O)C(C#N)C#N.[KH]. The van der Waals surface area contributed by atoms with E-state index in [9.17, 15) is 4.79 Å². The second kappa shape index (κ2) is 8.19. The Labute approximate surface area is 108 Å². The van der Waals surface area contributed by atoms with E-state index in [1.54, 1.807) is 6.92 Å². The average molecular weight is 178 g/mol. The first-order valence-electron chi connectivity index (χ1n) is 2.72. The molecule has 0 aromatic heterocycles. The molecule has 0 bridgehead atoms. The van der Waals surface area contributed by atoms with Crippen LogP contribution in [-0.2, 0) is 9.53 Å². The van der Waals surface area contributed by atoms with Crippen LogP contribution in [0.1, 0.15) is 6.92 Å². The van der Waals surface area contributed by atoms with Crippen molar-refractivity contribution >= 4 is 57.4 Å². The maximum absolute atomic E-state index is 10.5. The number of esters is 1. The van der Waals surface area contributed by atoms with Gasteiger partial charge in [0, 0.05) is 0 Å². The summed E-state index contributed by atoms with van der Waals surface area (Å²) in [5, 5.41) is 16.3. The van der Waals surface area contributed by atoms with Crippen molar-refractivity contribution in [2.75, 3.05) is 6.61 Å². The Morgan fingerprint density at radius 1 is 1.55 bits per heavy atom. The predicted molar refractivity (Wildman–Crippen MR) is 38.5 cm³/mol. The van der Waals surface area contributed by atoms with E-state index in [-0.39, 0.29) is 58.0 Å². The van der Waals surface area contributed by atoms with Crippen LogP contribution in [0.3, 0.4) is 0 Å². The summed E-state index contributed by atoms with van der Waals surface area (Å²) in [4.78, 5) is 10.5. The van der Waals surface area contributed by atoms with Gasteiger partial charge < -0.3 is 4.74 Å². The summed E-state index contributed by atoms with van der Waals surface area (Å²) in [7, 11) is 0. The molecule has 0 rings (SSSR count). The third-order valence-corrected chi connectivity index (χ3v) is 0.780. The molecule has 0 radical (unpaired) electrons. The van der Waals surface area contributed by atoms with Crippen LogP contribution in [-0.4, -0.2) is 64.0 Å². The second-order valence-electron chi connectivity index (χ2n) is 1.44. The van der Waals surface area contributed by atoms with Crippen LogP contribution in [0, 0.1) is 28.6 Å². The molecule has 0 saturated heterocycles. The fourth-order valence-corrected chi connectivity index (χ4v) is 0.360. The molecule has 5 heteroatoms. The Bertz CT molecular complexity index is 190. The predicted octanol–water partition coefficient (Wildman–Crippen LogP) is -0.436. The normalized spacial score (nSPS) is 7.27. The summed E-state index contributed by atoms with van der Waals surface area (Å²) in [6.45, 7) is 1.81. The summed E-state index contributed by atoms with van der Waals surface area (Å²) in [6, 6.07) is 3.00. The molecule has 0 unspecified atom stereocenters. The molecule has 0 aromatic carbocycles. The molecule has 54 valence electrons. The zero-order chi connectivity index (χ0) is 7.98. The number of hydrogen-bond donors (Lipinski definition) is 0. The molecule has 0 aliphatic carbocycles. The number of carbonyl (C=O) groups excluding carboxylic acids is 1. The van der Waals surface area contributed by atoms with Crippen LogP contribution in [0.5, 0.6) is 0 Å². The Morgan fingerprint density at radius 2 is 2.00 bits per heavy atom. The standard InChI is InChI=1S/C6H6N2O2.K.H/c1-2-10-6(9)5(3-7)4-8;;/h5H,2H2,1H3;;. The van der Waals surface area contributed by atoms with Gasteiger partial charge in [-0.25, -0.2) is 4.79 Å². The van der Waals surface area contributed by atoms with Crippen molar-refractivity contribution in [2.45, 2.75) is 6.92 Å². The van der Waals surface area contributed by atoms with Gasteiger partial charge in [0.25, 0.3) is 0 Å². The third-order valence-electron chi connectivity index (χ3n) is 0.780. The zero-order valence-electron chi connectivity index (χ0n) is 5.50. The third kappa shape index (κ3) is 5.37. The van der Waals surface area contributed by atoms with Crippen molar-refractivity contribution in [2.24, 2.45) is 5.92 Å². The Hall–Kier alpha value is 0.0864. The Morgan fingerprint density at radius 3 is 2.27 bits per heavy atom. The first-order chi connectivity index (χ1) is 4.76. The number of nitrogens with zero attached hydrogens (tertiary/aromatic N) is 2.